The zero-order valence-corrected chi connectivity index (χ0v) is 10.2. The third-order valence-electron chi connectivity index (χ3n) is 2.87. The monoisotopic (exact) mass is 252 g/mol. The predicted molar refractivity (Wildman–Crippen MR) is 65.9 cm³/mol. The molecule has 1 saturated heterocycles. The van der Waals surface area contributed by atoms with Crippen molar-refractivity contribution in [3.05, 3.63) is 28.8 Å². The summed E-state index contributed by atoms with van der Waals surface area (Å²) in [6, 6.07) is 4.51. The highest BCUT2D eigenvalue weighted by atomic mass is 35.5. The fraction of sp³-hybridized carbons (Fsp3) is 0.333. The van der Waals surface area contributed by atoms with E-state index in [0.717, 1.165) is 10.5 Å². The third-order valence-corrected chi connectivity index (χ3v) is 3.10. The standard InChI is InChI=1S/C12H13ClN2O2/c1-7-2-3-8(13)6-10(7)15-11(16)5-4-9(14)12(15)17/h2-3,6,9H,4-5,14H2,1H3/t9-/m0/s1. The lowest BCUT2D eigenvalue weighted by Gasteiger charge is -2.29. The van der Waals surface area contributed by atoms with Crippen molar-refractivity contribution in [3.63, 3.8) is 0 Å². The maximum Gasteiger partial charge on any atom is 0.250 e. The molecular formula is C12H13ClN2O2. The lowest BCUT2D eigenvalue weighted by molar-refractivity contribution is -0.130. The Balaban J connectivity index is 2.46. The molecule has 2 rings (SSSR count). The zero-order valence-electron chi connectivity index (χ0n) is 9.44. The number of amides is 2. The maximum absolute atomic E-state index is 11.9. The number of aryl methyl sites for hydroxylation is 1. The smallest absolute Gasteiger partial charge is 0.250 e. The van der Waals surface area contributed by atoms with Gasteiger partial charge in [-0.15, -0.1) is 0 Å². The van der Waals surface area contributed by atoms with E-state index in [1.165, 1.54) is 0 Å². The summed E-state index contributed by atoms with van der Waals surface area (Å²) >= 11 is 5.89. The fourth-order valence-corrected chi connectivity index (χ4v) is 2.05. The van der Waals surface area contributed by atoms with Crippen LogP contribution in [-0.2, 0) is 9.59 Å². The fourth-order valence-electron chi connectivity index (χ4n) is 1.88. The Morgan fingerprint density at radius 1 is 1.41 bits per heavy atom. The summed E-state index contributed by atoms with van der Waals surface area (Å²) in [4.78, 5) is 24.9. The quantitative estimate of drug-likeness (QED) is 0.773. The number of anilines is 1. The molecule has 1 atom stereocenters. The maximum atomic E-state index is 11.9. The minimum atomic E-state index is -0.605. The highest BCUT2D eigenvalue weighted by Gasteiger charge is 2.33. The number of hydrogen-bond donors (Lipinski definition) is 1. The molecule has 0 radical (unpaired) electrons. The van der Waals surface area contributed by atoms with Crippen LogP contribution >= 0.6 is 11.6 Å². The largest absolute Gasteiger partial charge is 0.320 e. The van der Waals surface area contributed by atoms with Crippen LogP contribution in [0.25, 0.3) is 0 Å². The average molecular weight is 253 g/mol. The first-order valence-corrected chi connectivity index (χ1v) is 5.77. The van der Waals surface area contributed by atoms with Gasteiger partial charge in [0.15, 0.2) is 0 Å². The van der Waals surface area contributed by atoms with Gasteiger partial charge in [0.2, 0.25) is 5.91 Å². The van der Waals surface area contributed by atoms with Crippen LogP contribution in [0.4, 0.5) is 5.69 Å². The van der Waals surface area contributed by atoms with Crippen LogP contribution in [0.3, 0.4) is 0 Å². The molecule has 0 unspecified atom stereocenters. The molecule has 2 N–H and O–H groups in total. The number of nitrogens with zero attached hydrogens (tertiary/aromatic N) is 1. The third kappa shape index (κ3) is 2.18. The van der Waals surface area contributed by atoms with Crippen LogP contribution in [0.15, 0.2) is 18.2 Å². The number of halogens is 1. The minimum Gasteiger partial charge on any atom is -0.320 e. The molecule has 90 valence electrons. The number of rotatable bonds is 1. The minimum absolute atomic E-state index is 0.220. The van der Waals surface area contributed by atoms with E-state index in [4.69, 9.17) is 17.3 Å². The van der Waals surface area contributed by atoms with Crippen LogP contribution in [0.1, 0.15) is 18.4 Å². The van der Waals surface area contributed by atoms with Gasteiger partial charge in [-0.2, -0.15) is 0 Å². The number of carbonyl (C=O) groups is 2. The van der Waals surface area contributed by atoms with E-state index >= 15 is 0 Å². The van der Waals surface area contributed by atoms with Crippen molar-refractivity contribution in [2.45, 2.75) is 25.8 Å². The average Bonchev–Trinajstić information content (AvgIpc) is 2.29. The van der Waals surface area contributed by atoms with E-state index in [1.54, 1.807) is 18.2 Å². The van der Waals surface area contributed by atoms with Crippen molar-refractivity contribution in [2.24, 2.45) is 5.73 Å². The van der Waals surface area contributed by atoms with Crippen LogP contribution in [0.2, 0.25) is 5.02 Å². The van der Waals surface area contributed by atoms with Gasteiger partial charge in [-0.3, -0.25) is 9.59 Å². The molecule has 1 fully saturated rings. The van der Waals surface area contributed by atoms with Crippen LogP contribution in [0, 0.1) is 6.92 Å². The van der Waals surface area contributed by atoms with Gasteiger partial charge < -0.3 is 5.73 Å². The van der Waals surface area contributed by atoms with E-state index in [2.05, 4.69) is 0 Å². The van der Waals surface area contributed by atoms with Gasteiger partial charge in [-0.05, 0) is 31.0 Å². The molecule has 17 heavy (non-hydrogen) atoms. The second kappa shape index (κ2) is 4.47. The molecule has 1 heterocycles. The van der Waals surface area contributed by atoms with E-state index in [0.29, 0.717) is 23.6 Å². The van der Waals surface area contributed by atoms with Crippen molar-refractivity contribution < 1.29 is 9.59 Å². The molecule has 1 aliphatic rings. The number of imide groups is 1. The summed E-state index contributed by atoms with van der Waals surface area (Å²) in [5.74, 6) is -0.575. The van der Waals surface area contributed by atoms with E-state index in [1.807, 2.05) is 6.92 Å². The number of nitrogens with two attached hydrogens (primary N) is 1. The molecule has 2 amide bonds. The molecule has 5 heteroatoms. The van der Waals surface area contributed by atoms with E-state index in [9.17, 15) is 9.59 Å². The lowest BCUT2D eigenvalue weighted by Crippen LogP contribution is -2.51. The summed E-state index contributed by atoms with van der Waals surface area (Å²) < 4.78 is 0. The highest BCUT2D eigenvalue weighted by molar-refractivity contribution is 6.31. The van der Waals surface area contributed by atoms with Gasteiger partial charge in [0, 0.05) is 11.4 Å². The molecule has 0 spiro atoms. The van der Waals surface area contributed by atoms with Gasteiger partial charge in [0.05, 0.1) is 11.7 Å². The van der Waals surface area contributed by atoms with Crippen LogP contribution in [0.5, 0.6) is 0 Å². The highest BCUT2D eigenvalue weighted by Crippen LogP contribution is 2.27. The molecule has 1 aliphatic heterocycles. The Bertz CT molecular complexity index is 487. The molecule has 0 saturated carbocycles. The van der Waals surface area contributed by atoms with Crippen molar-refractivity contribution in [2.75, 3.05) is 4.90 Å². The topological polar surface area (TPSA) is 63.4 Å². The van der Waals surface area contributed by atoms with Gasteiger partial charge in [0.1, 0.15) is 0 Å². The normalized spacial score (nSPS) is 20.9. The Hall–Kier alpha value is -1.39. The van der Waals surface area contributed by atoms with Crippen molar-refractivity contribution in [1.82, 2.24) is 0 Å². The predicted octanol–water partition coefficient (Wildman–Crippen LogP) is 1.63. The van der Waals surface area contributed by atoms with Gasteiger partial charge in [-0.25, -0.2) is 4.90 Å². The first-order valence-electron chi connectivity index (χ1n) is 5.39. The van der Waals surface area contributed by atoms with Gasteiger partial charge in [0.25, 0.3) is 5.91 Å². The molecule has 0 aromatic heterocycles. The second-order valence-electron chi connectivity index (χ2n) is 4.14. The summed E-state index contributed by atoms with van der Waals surface area (Å²) in [5.41, 5.74) is 7.03. The van der Waals surface area contributed by atoms with Crippen LogP contribution < -0.4 is 10.6 Å². The molecule has 1 aromatic rings. The molecule has 1 aromatic carbocycles. The Morgan fingerprint density at radius 3 is 2.82 bits per heavy atom. The van der Waals surface area contributed by atoms with Crippen molar-refractivity contribution in [3.8, 4) is 0 Å². The lowest BCUT2D eigenvalue weighted by atomic mass is 10.0. The summed E-state index contributed by atoms with van der Waals surface area (Å²) in [6.07, 6.45) is 0.701. The second-order valence-corrected chi connectivity index (χ2v) is 4.58. The summed E-state index contributed by atoms with van der Waals surface area (Å²) in [5, 5.41) is 0.491. The number of piperidine rings is 1. The van der Waals surface area contributed by atoms with Crippen molar-refractivity contribution in [1.29, 1.82) is 0 Å². The summed E-state index contributed by atoms with van der Waals surface area (Å²) in [6.45, 7) is 1.83. The van der Waals surface area contributed by atoms with Crippen molar-refractivity contribution >= 4 is 29.1 Å². The molecular weight excluding hydrogens is 240 g/mol. The first-order chi connectivity index (χ1) is 8.00. The molecule has 4 nitrogen and oxygen atoms in total. The molecule has 0 bridgehead atoms. The van der Waals surface area contributed by atoms with Gasteiger partial charge in [-0.1, -0.05) is 17.7 Å². The number of benzene rings is 1. The first kappa shape index (κ1) is 12.1. The summed E-state index contributed by atoms with van der Waals surface area (Å²) in [7, 11) is 0. The van der Waals surface area contributed by atoms with Crippen LogP contribution in [-0.4, -0.2) is 17.9 Å². The van der Waals surface area contributed by atoms with E-state index in [-0.39, 0.29) is 11.8 Å². The Kier molecular flexibility index (Phi) is 3.17. The Morgan fingerprint density at radius 2 is 2.12 bits per heavy atom. The zero-order chi connectivity index (χ0) is 12.6. The van der Waals surface area contributed by atoms with E-state index < -0.39 is 6.04 Å². The number of carbonyl (C=O) groups excluding carboxylic acids is 2. The Labute approximate surface area is 104 Å². The SMILES string of the molecule is Cc1ccc(Cl)cc1N1C(=O)CC[C@H](N)C1=O. The van der Waals surface area contributed by atoms with Gasteiger partial charge >= 0.3 is 0 Å². The molecule has 0 aliphatic carbocycles. The number of hydrogen-bond acceptors (Lipinski definition) is 3.